The maximum absolute atomic E-state index is 12.3. The van der Waals surface area contributed by atoms with Gasteiger partial charge < -0.3 is 5.73 Å². The minimum absolute atomic E-state index is 0.134. The number of hydrogen-bond acceptors (Lipinski definition) is 2. The number of benzene rings is 1. The molecule has 2 atom stereocenters. The first-order valence-electron chi connectivity index (χ1n) is 6.75. The lowest BCUT2D eigenvalue weighted by Crippen LogP contribution is -2.58. The van der Waals surface area contributed by atoms with Crippen LogP contribution in [0, 0.1) is 6.92 Å². The molecule has 1 unspecified atom stereocenters. The van der Waals surface area contributed by atoms with Crippen molar-refractivity contribution in [2.24, 2.45) is 5.73 Å². The van der Waals surface area contributed by atoms with Gasteiger partial charge in [-0.3, -0.25) is 4.79 Å². The fourth-order valence-electron chi connectivity index (χ4n) is 3.09. The van der Waals surface area contributed by atoms with E-state index in [0.717, 1.165) is 11.1 Å². The van der Waals surface area contributed by atoms with Crippen molar-refractivity contribution in [2.45, 2.75) is 39.3 Å². The number of quaternary nitrogens is 1. The van der Waals surface area contributed by atoms with Crippen LogP contribution in [0.15, 0.2) is 24.3 Å². The van der Waals surface area contributed by atoms with Gasteiger partial charge in [0, 0.05) is 12.0 Å². The Morgan fingerprint density at radius 3 is 2.68 bits per heavy atom. The van der Waals surface area contributed by atoms with Gasteiger partial charge >= 0.3 is 5.91 Å². The zero-order valence-electron chi connectivity index (χ0n) is 11.6. The summed E-state index contributed by atoms with van der Waals surface area (Å²) in [5, 5.41) is 0. The predicted molar refractivity (Wildman–Crippen MR) is 72.9 cm³/mol. The molecule has 2 N–H and O–H groups in total. The topological polar surface area (TPSA) is 60.2 Å². The molecule has 4 heteroatoms. The van der Waals surface area contributed by atoms with E-state index in [-0.39, 0.29) is 22.3 Å². The largest absolute Gasteiger partial charge is 0.364 e. The molecule has 2 amide bonds. The van der Waals surface area contributed by atoms with Crippen LogP contribution in [0.3, 0.4) is 0 Å². The molecule has 1 saturated heterocycles. The molecule has 102 valence electrons. The van der Waals surface area contributed by atoms with Crippen LogP contribution in [-0.2, 0) is 16.1 Å². The summed E-state index contributed by atoms with van der Waals surface area (Å²) in [6.45, 7) is 5.16. The number of hydrogen-bond donors (Lipinski definition) is 1. The summed E-state index contributed by atoms with van der Waals surface area (Å²) >= 11 is 0. The van der Waals surface area contributed by atoms with Crippen molar-refractivity contribution in [3.63, 3.8) is 0 Å². The van der Waals surface area contributed by atoms with Crippen LogP contribution in [0.2, 0.25) is 0 Å². The van der Waals surface area contributed by atoms with Gasteiger partial charge in [-0.15, -0.1) is 0 Å². The van der Waals surface area contributed by atoms with E-state index in [2.05, 4.69) is 0 Å². The zero-order valence-corrected chi connectivity index (χ0v) is 11.6. The SMILES string of the molecule is CC[N+]1(Cc2ccccc2C)C(=O)CC[C@H]1C(N)=O. The number of carbonyl (C=O) groups is 2. The summed E-state index contributed by atoms with van der Waals surface area (Å²) in [4.78, 5) is 24.0. The Kier molecular flexibility index (Phi) is 3.71. The van der Waals surface area contributed by atoms with Gasteiger partial charge in [-0.05, 0) is 19.4 Å². The highest BCUT2D eigenvalue weighted by Gasteiger charge is 2.51. The van der Waals surface area contributed by atoms with E-state index in [1.165, 1.54) is 0 Å². The molecular formula is C15H21N2O2+. The van der Waals surface area contributed by atoms with Crippen molar-refractivity contribution in [2.75, 3.05) is 6.54 Å². The van der Waals surface area contributed by atoms with Crippen molar-refractivity contribution in [1.82, 2.24) is 0 Å². The van der Waals surface area contributed by atoms with Crippen molar-refractivity contribution >= 4 is 11.8 Å². The van der Waals surface area contributed by atoms with Gasteiger partial charge in [0.05, 0.1) is 13.0 Å². The number of nitrogens with zero attached hydrogens (tertiary/aromatic N) is 1. The van der Waals surface area contributed by atoms with E-state index >= 15 is 0 Å². The molecule has 4 nitrogen and oxygen atoms in total. The van der Waals surface area contributed by atoms with Gasteiger partial charge in [0.25, 0.3) is 5.91 Å². The number of likely N-dealkylation sites (N-methyl/N-ethyl adjacent to an activating group) is 1. The fourth-order valence-corrected chi connectivity index (χ4v) is 3.09. The van der Waals surface area contributed by atoms with Gasteiger partial charge in [0.1, 0.15) is 6.54 Å². The lowest BCUT2D eigenvalue weighted by molar-refractivity contribution is -0.873. The minimum atomic E-state index is -0.378. The van der Waals surface area contributed by atoms with Crippen LogP contribution in [0.1, 0.15) is 30.9 Å². The Hall–Kier alpha value is -1.68. The first kappa shape index (κ1) is 13.7. The molecule has 0 bridgehead atoms. The third-order valence-corrected chi connectivity index (χ3v) is 4.33. The molecule has 1 aromatic rings. The number of rotatable bonds is 4. The quantitative estimate of drug-likeness (QED) is 0.835. The average molecular weight is 261 g/mol. The molecule has 2 rings (SSSR count). The van der Waals surface area contributed by atoms with Crippen LogP contribution in [0.25, 0.3) is 0 Å². The van der Waals surface area contributed by atoms with E-state index in [4.69, 9.17) is 5.73 Å². The number of primary amides is 1. The first-order chi connectivity index (χ1) is 9.01. The van der Waals surface area contributed by atoms with E-state index in [9.17, 15) is 9.59 Å². The lowest BCUT2D eigenvalue weighted by atomic mass is 10.1. The van der Waals surface area contributed by atoms with Crippen molar-refractivity contribution in [1.29, 1.82) is 0 Å². The molecule has 0 aliphatic carbocycles. The minimum Gasteiger partial charge on any atom is -0.364 e. The number of carbonyl (C=O) groups excluding carboxylic acids is 2. The summed E-state index contributed by atoms with van der Waals surface area (Å²) < 4.78 is 0.181. The molecule has 1 aromatic carbocycles. The Labute approximate surface area is 113 Å². The molecule has 0 radical (unpaired) electrons. The molecular weight excluding hydrogens is 240 g/mol. The Morgan fingerprint density at radius 2 is 2.11 bits per heavy atom. The Morgan fingerprint density at radius 1 is 1.42 bits per heavy atom. The molecule has 1 heterocycles. The molecule has 0 saturated carbocycles. The van der Waals surface area contributed by atoms with Crippen molar-refractivity contribution in [3.8, 4) is 0 Å². The number of likely N-dealkylation sites (tertiary alicyclic amines) is 1. The molecule has 19 heavy (non-hydrogen) atoms. The highest BCUT2D eigenvalue weighted by Crippen LogP contribution is 2.31. The predicted octanol–water partition coefficient (Wildman–Crippen LogP) is 1.51. The van der Waals surface area contributed by atoms with Crippen LogP contribution >= 0.6 is 0 Å². The summed E-state index contributed by atoms with van der Waals surface area (Å²) in [6.07, 6.45) is 1.03. The van der Waals surface area contributed by atoms with Crippen LogP contribution in [-0.4, -0.2) is 28.9 Å². The number of aryl methyl sites for hydroxylation is 1. The molecule has 1 fully saturated rings. The summed E-state index contributed by atoms with van der Waals surface area (Å²) in [5.74, 6) is -0.226. The maximum Gasteiger partial charge on any atom is 0.314 e. The molecule has 0 spiro atoms. The van der Waals surface area contributed by atoms with Gasteiger partial charge in [-0.25, -0.2) is 9.28 Å². The van der Waals surface area contributed by atoms with Crippen LogP contribution in [0.4, 0.5) is 0 Å². The average Bonchev–Trinajstić information content (AvgIpc) is 2.70. The Balaban J connectivity index is 2.39. The lowest BCUT2D eigenvalue weighted by Gasteiger charge is -2.35. The highest BCUT2D eigenvalue weighted by atomic mass is 16.2. The third-order valence-electron chi connectivity index (χ3n) is 4.33. The van der Waals surface area contributed by atoms with Gasteiger partial charge in [0.15, 0.2) is 6.04 Å². The zero-order chi connectivity index (χ0) is 14.0. The van der Waals surface area contributed by atoms with E-state index in [1.54, 1.807) is 0 Å². The second kappa shape index (κ2) is 5.13. The number of nitrogens with two attached hydrogens (primary N) is 1. The number of amides is 2. The van der Waals surface area contributed by atoms with Crippen molar-refractivity contribution < 1.29 is 14.1 Å². The monoisotopic (exact) mass is 261 g/mol. The normalized spacial score (nSPS) is 26.6. The van der Waals surface area contributed by atoms with Gasteiger partial charge in [-0.1, -0.05) is 24.3 Å². The van der Waals surface area contributed by atoms with Crippen LogP contribution in [0.5, 0.6) is 0 Å². The summed E-state index contributed by atoms with van der Waals surface area (Å²) in [6, 6.07) is 7.62. The molecule has 1 aliphatic heterocycles. The van der Waals surface area contributed by atoms with E-state index < -0.39 is 0 Å². The van der Waals surface area contributed by atoms with Crippen molar-refractivity contribution in [3.05, 3.63) is 35.4 Å². The fraction of sp³-hybridized carbons (Fsp3) is 0.467. The van der Waals surface area contributed by atoms with E-state index in [0.29, 0.717) is 25.9 Å². The van der Waals surface area contributed by atoms with E-state index in [1.807, 2.05) is 38.1 Å². The first-order valence-corrected chi connectivity index (χ1v) is 6.75. The molecule has 0 aromatic heterocycles. The molecule has 1 aliphatic rings. The standard InChI is InChI=1S/C15H20N2O2/c1-3-17(10-12-7-5-4-6-11(12)2)13(15(16)19)8-9-14(17)18/h4-7,13H,3,8-10H2,1-2H3,(H-,16,19)/p+1/t13-,17?/m0/s1. The third kappa shape index (κ3) is 2.28. The maximum atomic E-state index is 12.3. The van der Waals surface area contributed by atoms with Gasteiger partial charge in [0.2, 0.25) is 0 Å². The second-order valence-electron chi connectivity index (χ2n) is 5.29. The van der Waals surface area contributed by atoms with Gasteiger partial charge in [-0.2, -0.15) is 0 Å². The van der Waals surface area contributed by atoms with Crippen LogP contribution < -0.4 is 5.73 Å². The summed E-state index contributed by atoms with van der Waals surface area (Å²) in [5.41, 5.74) is 7.76. The summed E-state index contributed by atoms with van der Waals surface area (Å²) in [7, 11) is 0. The second-order valence-corrected chi connectivity index (χ2v) is 5.29. The Bertz CT molecular complexity index is 513. The smallest absolute Gasteiger partial charge is 0.314 e. The highest BCUT2D eigenvalue weighted by molar-refractivity contribution is 5.84.